The first-order chi connectivity index (χ1) is 13.0. The highest BCUT2D eigenvalue weighted by molar-refractivity contribution is 5.92. The van der Waals surface area contributed by atoms with Gasteiger partial charge in [-0.25, -0.2) is 0 Å². The second kappa shape index (κ2) is 7.99. The Morgan fingerprint density at radius 3 is 2.70 bits per heavy atom. The Morgan fingerprint density at radius 2 is 2.00 bits per heavy atom. The molecule has 0 aliphatic heterocycles. The molecule has 0 spiro atoms. The molecule has 0 aliphatic carbocycles. The number of pyridine rings is 1. The average Bonchev–Trinajstić information content (AvgIpc) is 3.08. The topological polar surface area (TPSA) is 90.1 Å². The predicted octanol–water partition coefficient (Wildman–Crippen LogP) is 3.79. The summed E-state index contributed by atoms with van der Waals surface area (Å²) < 4.78 is 11.2. The maximum atomic E-state index is 11.7. The maximum absolute atomic E-state index is 11.7. The van der Waals surface area contributed by atoms with Gasteiger partial charge in [0.1, 0.15) is 17.2 Å². The average molecular weight is 366 g/mol. The molecule has 3 rings (SSSR count). The number of nitrogens with one attached hydrogen (secondary N) is 1. The molecule has 27 heavy (non-hydrogen) atoms. The highest BCUT2D eigenvalue weighted by Crippen LogP contribution is 2.28. The number of aryl methyl sites for hydroxylation is 1. The zero-order valence-electron chi connectivity index (χ0n) is 15.8. The first-order valence-electron chi connectivity index (χ1n) is 8.76. The van der Waals surface area contributed by atoms with Crippen molar-refractivity contribution in [3.05, 3.63) is 53.7 Å². The van der Waals surface area contributed by atoms with E-state index in [0.29, 0.717) is 34.8 Å². The van der Waals surface area contributed by atoms with Gasteiger partial charge in [-0.15, -0.1) is 0 Å². The molecule has 2 heterocycles. The van der Waals surface area contributed by atoms with Crippen LogP contribution >= 0.6 is 0 Å². The Balaban J connectivity index is 1.79. The van der Waals surface area contributed by atoms with Crippen molar-refractivity contribution in [2.24, 2.45) is 5.92 Å². The van der Waals surface area contributed by atoms with E-state index >= 15 is 0 Å². The van der Waals surface area contributed by atoms with Crippen LogP contribution in [0.5, 0.6) is 11.5 Å². The molecule has 7 heteroatoms. The largest absolute Gasteiger partial charge is 0.457 e. The lowest BCUT2D eigenvalue weighted by Crippen LogP contribution is -2.18. The lowest BCUT2D eigenvalue weighted by Gasteiger charge is -2.09. The number of carbonyl (C=O) groups excluding carboxylic acids is 1. The van der Waals surface area contributed by atoms with Crippen LogP contribution in [0, 0.1) is 12.8 Å². The first kappa shape index (κ1) is 18.6. The minimum atomic E-state index is -0.263. The van der Waals surface area contributed by atoms with E-state index < -0.39 is 0 Å². The molecule has 0 saturated carbocycles. The standard InChI is InChI=1S/C20H22N4O3/c1-12(2)9-18-23-19(24-27-18)16-6-5-14(10-13(16)3)26-15-7-8-22-17(11-15)20(25)21-4/h5-8,10-12H,9H2,1-4H3,(H,21,25). The smallest absolute Gasteiger partial charge is 0.269 e. The summed E-state index contributed by atoms with van der Waals surface area (Å²) in [6.07, 6.45) is 2.29. The van der Waals surface area contributed by atoms with Crippen molar-refractivity contribution in [3.63, 3.8) is 0 Å². The van der Waals surface area contributed by atoms with Crippen LogP contribution in [0.25, 0.3) is 11.4 Å². The maximum Gasteiger partial charge on any atom is 0.269 e. The van der Waals surface area contributed by atoms with Crippen LogP contribution in [-0.2, 0) is 6.42 Å². The van der Waals surface area contributed by atoms with E-state index in [1.54, 1.807) is 19.2 Å². The van der Waals surface area contributed by atoms with Gasteiger partial charge in [-0.3, -0.25) is 9.78 Å². The van der Waals surface area contributed by atoms with E-state index in [-0.39, 0.29) is 5.91 Å². The summed E-state index contributed by atoms with van der Waals surface area (Å²) in [7, 11) is 1.56. The molecule has 0 saturated heterocycles. The lowest BCUT2D eigenvalue weighted by atomic mass is 10.1. The third kappa shape index (κ3) is 4.49. The molecule has 3 aromatic rings. The van der Waals surface area contributed by atoms with Crippen molar-refractivity contribution in [3.8, 4) is 22.9 Å². The number of hydrogen-bond donors (Lipinski definition) is 1. The summed E-state index contributed by atoms with van der Waals surface area (Å²) in [6, 6.07) is 8.93. The van der Waals surface area contributed by atoms with Gasteiger partial charge >= 0.3 is 0 Å². The van der Waals surface area contributed by atoms with Crippen LogP contribution in [0.1, 0.15) is 35.8 Å². The fourth-order valence-electron chi connectivity index (χ4n) is 2.61. The third-order valence-electron chi connectivity index (χ3n) is 3.92. The minimum Gasteiger partial charge on any atom is -0.457 e. The molecule has 1 N–H and O–H groups in total. The van der Waals surface area contributed by atoms with E-state index in [4.69, 9.17) is 9.26 Å². The predicted molar refractivity (Wildman–Crippen MR) is 101 cm³/mol. The van der Waals surface area contributed by atoms with E-state index in [1.165, 1.54) is 6.20 Å². The molecular formula is C20H22N4O3. The molecular weight excluding hydrogens is 344 g/mol. The highest BCUT2D eigenvalue weighted by atomic mass is 16.5. The first-order valence-corrected chi connectivity index (χ1v) is 8.76. The Labute approximate surface area is 157 Å². The van der Waals surface area contributed by atoms with Crippen molar-refractivity contribution >= 4 is 5.91 Å². The quantitative estimate of drug-likeness (QED) is 0.714. The summed E-state index contributed by atoms with van der Waals surface area (Å²) >= 11 is 0. The number of benzene rings is 1. The van der Waals surface area contributed by atoms with Crippen LogP contribution < -0.4 is 10.1 Å². The molecule has 0 radical (unpaired) electrons. The van der Waals surface area contributed by atoms with Gasteiger partial charge in [0.15, 0.2) is 0 Å². The van der Waals surface area contributed by atoms with Gasteiger partial charge in [0.2, 0.25) is 11.7 Å². The zero-order chi connectivity index (χ0) is 19.4. The fraction of sp³-hybridized carbons (Fsp3) is 0.300. The van der Waals surface area contributed by atoms with E-state index in [0.717, 1.165) is 17.5 Å². The summed E-state index contributed by atoms with van der Waals surface area (Å²) in [6.45, 7) is 6.18. The number of ether oxygens (including phenoxy) is 1. The molecule has 0 fully saturated rings. The molecule has 0 aliphatic rings. The van der Waals surface area contributed by atoms with Gasteiger partial charge in [-0.1, -0.05) is 19.0 Å². The SMILES string of the molecule is CNC(=O)c1cc(Oc2ccc(-c3noc(CC(C)C)n3)c(C)c2)ccn1. The van der Waals surface area contributed by atoms with Crippen LogP contribution in [0.4, 0.5) is 0 Å². The van der Waals surface area contributed by atoms with Crippen LogP contribution in [0.3, 0.4) is 0 Å². The molecule has 0 atom stereocenters. The Kier molecular flexibility index (Phi) is 5.49. The summed E-state index contributed by atoms with van der Waals surface area (Å²) in [5.41, 5.74) is 2.15. The fourth-order valence-corrected chi connectivity index (χ4v) is 2.61. The number of rotatable bonds is 6. The second-order valence-electron chi connectivity index (χ2n) is 6.64. The summed E-state index contributed by atoms with van der Waals surface area (Å²) in [4.78, 5) is 20.2. The number of amides is 1. The summed E-state index contributed by atoms with van der Waals surface area (Å²) in [5, 5.41) is 6.62. The second-order valence-corrected chi connectivity index (χ2v) is 6.64. The van der Waals surface area contributed by atoms with Crippen molar-refractivity contribution in [1.29, 1.82) is 0 Å². The number of aromatic nitrogens is 3. The number of hydrogen-bond acceptors (Lipinski definition) is 6. The number of carbonyl (C=O) groups is 1. The van der Waals surface area contributed by atoms with Gasteiger partial charge in [0, 0.05) is 31.3 Å². The molecule has 1 amide bonds. The van der Waals surface area contributed by atoms with Crippen molar-refractivity contribution in [1.82, 2.24) is 20.4 Å². The molecule has 7 nitrogen and oxygen atoms in total. The van der Waals surface area contributed by atoms with E-state index in [9.17, 15) is 4.79 Å². The minimum absolute atomic E-state index is 0.263. The molecule has 2 aromatic heterocycles. The lowest BCUT2D eigenvalue weighted by molar-refractivity contribution is 0.0958. The van der Waals surface area contributed by atoms with Crippen LogP contribution in [0.15, 0.2) is 41.1 Å². The molecule has 140 valence electrons. The Hall–Kier alpha value is -3.22. The van der Waals surface area contributed by atoms with Crippen LogP contribution in [0.2, 0.25) is 0 Å². The highest BCUT2D eigenvalue weighted by Gasteiger charge is 2.13. The van der Waals surface area contributed by atoms with Gasteiger partial charge in [0.25, 0.3) is 5.91 Å². The Bertz CT molecular complexity index is 950. The third-order valence-corrected chi connectivity index (χ3v) is 3.92. The van der Waals surface area contributed by atoms with Crippen LogP contribution in [-0.4, -0.2) is 28.1 Å². The van der Waals surface area contributed by atoms with Crippen molar-refractivity contribution in [2.45, 2.75) is 27.2 Å². The van der Waals surface area contributed by atoms with Gasteiger partial charge < -0.3 is 14.6 Å². The molecule has 0 bridgehead atoms. The van der Waals surface area contributed by atoms with Gasteiger partial charge in [-0.05, 0) is 42.7 Å². The van der Waals surface area contributed by atoms with Crippen molar-refractivity contribution in [2.75, 3.05) is 7.05 Å². The van der Waals surface area contributed by atoms with E-state index in [2.05, 4.69) is 34.3 Å². The monoisotopic (exact) mass is 366 g/mol. The number of nitrogens with zero attached hydrogens (tertiary/aromatic N) is 3. The summed E-state index contributed by atoms with van der Waals surface area (Å²) in [5.74, 6) is 2.58. The van der Waals surface area contributed by atoms with Gasteiger partial charge in [0.05, 0.1) is 0 Å². The molecule has 0 unspecified atom stereocenters. The Morgan fingerprint density at radius 1 is 1.22 bits per heavy atom. The van der Waals surface area contributed by atoms with Gasteiger partial charge in [-0.2, -0.15) is 4.98 Å². The zero-order valence-corrected chi connectivity index (χ0v) is 15.8. The van der Waals surface area contributed by atoms with E-state index in [1.807, 2.05) is 25.1 Å². The molecule has 1 aromatic carbocycles. The normalized spacial score (nSPS) is 10.9. The van der Waals surface area contributed by atoms with Crippen molar-refractivity contribution < 1.29 is 14.1 Å².